The zero-order valence-corrected chi connectivity index (χ0v) is 10.7. The maximum absolute atomic E-state index is 5.98. The molecule has 3 heterocycles. The highest BCUT2D eigenvalue weighted by Crippen LogP contribution is 2.39. The minimum Gasteiger partial charge on any atom is -0.308 e. The standard InChI is InChI=1S/C12H11ClN6/c13-9-6-11-14-3-4-19(11)12(15-9)16-10-5-8(17-18-10)7-1-2-7/h3-7H,1-2H2,(H2,15,16,17,18). The maximum atomic E-state index is 5.98. The highest BCUT2D eigenvalue weighted by atomic mass is 35.5. The molecule has 1 aliphatic carbocycles. The fraction of sp³-hybridized carbons (Fsp3) is 0.250. The molecular formula is C12H11ClN6. The maximum Gasteiger partial charge on any atom is 0.215 e. The van der Waals surface area contributed by atoms with E-state index in [0.29, 0.717) is 17.0 Å². The lowest BCUT2D eigenvalue weighted by molar-refractivity contribution is 0.964. The molecule has 1 fully saturated rings. The number of halogens is 1. The van der Waals surface area contributed by atoms with Crippen LogP contribution in [0.25, 0.3) is 5.65 Å². The van der Waals surface area contributed by atoms with Gasteiger partial charge in [0, 0.05) is 36.1 Å². The summed E-state index contributed by atoms with van der Waals surface area (Å²) in [5.74, 6) is 1.99. The third-order valence-electron chi connectivity index (χ3n) is 3.21. The van der Waals surface area contributed by atoms with Gasteiger partial charge >= 0.3 is 0 Å². The van der Waals surface area contributed by atoms with Gasteiger partial charge in [0.15, 0.2) is 5.82 Å². The van der Waals surface area contributed by atoms with Crippen LogP contribution in [-0.4, -0.2) is 24.6 Å². The van der Waals surface area contributed by atoms with E-state index in [1.807, 2.05) is 16.7 Å². The SMILES string of the molecule is Clc1cc2nccn2c(Nc2cc(C3CC3)[nH]n2)n1. The number of hydrogen-bond acceptors (Lipinski definition) is 4. The van der Waals surface area contributed by atoms with Crippen molar-refractivity contribution in [1.29, 1.82) is 0 Å². The number of H-pyrrole nitrogens is 1. The van der Waals surface area contributed by atoms with Crippen LogP contribution in [0.3, 0.4) is 0 Å². The van der Waals surface area contributed by atoms with Crippen LogP contribution in [0.15, 0.2) is 24.5 Å². The number of fused-ring (bicyclic) bond motifs is 1. The second-order valence-electron chi connectivity index (χ2n) is 4.67. The largest absolute Gasteiger partial charge is 0.308 e. The molecule has 0 bridgehead atoms. The van der Waals surface area contributed by atoms with Gasteiger partial charge in [-0.1, -0.05) is 11.6 Å². The molecule has 0 aromatic carbocycles. The van der Waals surface area contributed by atoms with E-state index in [4.69, 9.17) is 11.6 Å². The van der Waals surface area contributed by atoms with Crippen molar-refractivity contribution in [3.05, 3.63) is 35.4 Å². The number of hydrogen-bond donors (Lipinski definition) is 2. The van der Waals surface area contributed by atoms with Crippen LogP contribution in [0.1, 0.15) is 24.5 Å². The second kappa shape index (κ2) is 3.96. The van der Waals surface area contributed by atoms with Crippen LogP contribution in [-0.2, 0) is 0 Å². The highest BCUT2D eigenvalue weighted by molar-refractivity contribution is 6.29. The lowest BCUT2D eigenvalue weighted by Gasteiger charge is -2.05. The van der Waals surface area contributed by atoms with E-state index in [9.17, 15) is 0 Å². The van der Waals surface area contributed by atoms with E-state index in [2.05, 4.69) is 25.5 Å². The van der Waals surface area contributed by atoms with Crippen LogP contribution in [0.4, 0.5) is 11.8 Å². The summed E-state index contributed by atoms with van der Waals surface area (Å²) < 4.78 is 1.83. The van der Waals surface area contributed by atoms with E-state index in [1.54, 1.807) is 12.3 Å². The van der Waals surface area contributed by atoms with Crippen molar-refractivity contribution < 1.29 is 0 Å². The smallest absolute Gasteiger partial charge is 0.215 e. The fourth-order valence-corrected chi connectivity index (χ4v) is 2.28. The molecule has 96 valence electrons. The Labute approximate surface area is 113 Å². The third kappa shape index (κ3) is 1.94. The molecule has 0 amide bonds. The van der Waals surface area contributed by atoms with Crippen LogP contribution >= 0.6 is 11.6 Å². The summed E-state index contributed by atoms with van der Waals surface area (Å²) in [5, 5.41) is 10.9. The van der Waals surface area contributed by atoms with Crippen molar-refractivity contribution in [3.63, 3.8) is 0 Å². The first-order valence-corrected chi connectivity index (χ1v) is 6.49. The van der Waals surface area contributed by atoms with Crippen LogP contribution < -0.4 is 5.32 Å². The molecule has 0 atom stereocenters. The number of nitrogens with zero attached hydrogens (tertiary/aromatic N) is 4. The van der Waals surface area contributed by atoms with Crippen LogP contribution in [0.5, 0.6) is 0 Å². The lowest BCUT2D eigenvalue weighted by atomic mass is 10.3. The predicted molar refractivity (Wildman–Crippen MR) is 71.8 cm³/mol. The Morgan fingerprint density at radius 1 is 1.37 bits per heavy atom. The van der Waals surface area contributed by atoms with E-state index in [-0.39, 0.29) is 0 Å². The Hall–Kier alpha value is -2.08. The Balaban J connectivity index is 1.71. The van der Waals surface area contributed by atoms with E-state index >= 15 is 0 Å². The molecule has 4 rings (SSSR count). The van der Waals surface area contributed by atoms with Crippen LogP contribution in [0.2, 0.25) is 5.15 Å². The van der Waals surface area contributed by atoms with Crippen molar-refractivity contribution in [1.82, 2.24) is 24.6 Å². The summed E-state index contributed by atoms with van der Waals surface area (Å²) >= 11 is 5.98. The molecule has 6 nitrogen and oxygen atoms in total. The van der Waals surface area contributed by atoms with Gasteiger partial charge in [-0.3, -0.25) is 9.50 Å². The molecule has 1 aliphatic rings. The van der Waals surface area contributed by atoms with E-state index in [1.165, 1.54) is 18.5 Å². The van der Waals surface area contributed by atoms with Gasteiger partial charge in [0.2, 0.25) is 5.95 Å². The van der Waals surface area contributed by atoms with Gasteiger partial charge < -0.3 is 5.32 Å². The highest BCUT2D eigenvalue weighted by Gasteiger charge is 2.25. The third-order valence-corrected chi connectivity index (χ3v) is 3.41. The first-order valence-electron chi connectivity index (χ1n) is 6.11. The quantitative estimate of drug-likeness (QED) is 0.721. The van der Waals surface area contributed by atoms with Gasteiger partial charge in [0.1, 0.15) is 10.8 Å². The van der Waals surface area contributed by atoms with Crippen molar-refractivity contribution in [2.75, 3.05) is 5.32 Å². The Bertz CT molecular complexity index is 742. The summed E-state index contributed by atoms with van der Waals surface area (Å²) in [6.45, 7) is 0. The topological polar surface area (TPSA) is 70.9 Å². The zero-order chi connectivity index (χ0) is 12.8. The van der Waals surface area contributed by atoms with Crippen molar-refractivity contribution in [2.24, 2.45) is 0 Å². The summed E-state index contributed by atoms with van der Waals surface area (Å²) in [7, 11) is 0. The summed E-state index contributed by atoms with van der Waals surface area (Å²) in [6.07, 6.45) is 6.01. The van der Waals surface area contributed by atoms with Crippen molar-refractivity contribution in [2.45, 2.75) is 18.8 Å². The molecule has 1 saturated carbocycles. The first-order chi connectivity index (χ1) is 9.29. The van der Waals surface area contributed by atoms with Crippen LogP contribution in [0, 0.1) is 0 Å². The minimum absolute atomic E-state index is 0.402. The molecule has 0 spiro atoms. The number of aromatic amines is 1. The Morgan fingerprint density at radius 3 is 3.11 bits per heavy atom. The van der Waals surface area contributed by atoms with Gasteiger partial charge in [-0.05, 0) is 12.8 Å². The lowest BCUT2D eigenvalue weighted by Crippen LogP contribution is -2.01. The Kier molecular flexibility index (Phi) is 2.25. The number of nitrogens with one attached hydrogen (secondary N) is 2. The van der Waals surface area contributed by atoms with Crippen molar-refractivity contribution >= 4 is 29.0 Å². The fourth-order valence-electron chi connectivity index (χ4n) is 2.10. The molecule has 19 heavy (non-hydrogen) atoms. The molecule has 3 aromatic heterocycles. The molecule has 7 heteroatoms. The monoisotopic (exact) mass is 274 g/mol. The second-order valence-corrected chi connectivity index (χ2v) is 5.05. The molecule has 3 aromatic rings. The number of rotatable bonds is 3. The number of imidazole rings is 1. The first kappa shape index (κ1) is 10.8. The average molecular weight is 275 g/mol. The van der Waals surface area contributed by atoms with Gasteiger partial charge in [0.05, 0.1) is 0 Å². The van der Waals surface area contributed by atoms with Crippen molar-refractivity contribution in [3.8, 4) is 0 Å². The normalized spacial score (nSPS) is 15.0. The van der Waals surface area contributed by atoms with Gasteiger partial charge in [-0.15, -0.1) is 0 Å². The Morgan fingerprint density at radius 2 is 2.26 bits per heavy atom. The average Bonchev–Trinajstić information content (AvgIpc) is 2.95. The number of anilines is 2. The molecule has 0 unspecified atom stereocenters. The predicted octanol–water partition coefficient (Wildman–Crippen LogP) is 2.73. The molecule has 0 aliphatic heterocycles. The summed E-state index contributed by atoms with van der Waals surface area (Å²) in [6, 6.07) is 3.73. The van der Waals surface area contributed by atoms with Gasteiger partial charge in [-0.2, -0.15) is 5.10 Å². The van der Waals surface area contributed by atoms with Gasteiger partial charge in [0.25, 0.3) is 0 Å². The number of aromatic nitrogens is 5. The minimum atomic E-state index is 0.402. The molecule has 0 saturated heterocycles. The van der Waals surface area contributed by atoms with E-state index in [0.717, 1.165) is 11.5 Å². The zero-order valence-electron chi connectivity index (χ0n) is 9.97. The van der Waals surface area contributed by atoms with Gasteiger partial charge in [-0.25, -0.2) is 9.97 Å². The molecule has 0 radical (unpaired) electrons. The molecular weight excluding hydrogens is 264 g/mol. The summed E-state index contributed by atoms with van der Waals surface area (Å²) in [4.78, 5) is 8.46. The summed E-state index contributed by atoms with van der Waals surface area (Å²) in [5.41, 5.74) is 1.92. The molecule has 2 N–H and O–H groups in total. The van der Waals surface area contributed by atoms with E-state index < -0.39 is 0 Å².